The summed E-state index contributed by atoms with van der Waals surface area (Å²) in [5.74, 6) is 1.27. The molecule has 112 valence electrons. The average Bonchev–Trinajstić information content (AvgIpc) is 2.88. The van der Waals surface area contributed by atoms with Crippen molar-refractivity contribution in [3.05, 3.63) is 11.7 Å². The number of nitrogens with zero attached hydrogens (tertiary/aromatic N) is 3. The second-order valence-corrected chi connectivity index (χ2v) is 6.69. The van der Waals surface area contributed by atoms with E-state index in [1.54, 1.807) is 0 Å². The molecule has 6 nitrogen and oxygen atoms in total. The van der Waals surface area contributed by atoms with Gasteiger partial charge in [0.2, 0.25) is 5.89 Å². The molecule has 2 heterocycles. The number of hydrogen-bond donors (Lipinski definition) is 2. The zero-order valence-electron chi connectivity index (χ0n) is 12.4. The molecule has 3 N–H and O–H groups in total. The Morgan fingerprint density at radius 2 is 2.20 bits per heavy atom. The van der Waals surface area contributed by atoms with Crippen molar-refractivity contribution in [1.82, 2.24) is 20.4 Å². The van der Waals surface area contributed by atoms with E-state index in [1.165, 1.54) is 25.7 Å². The summed E-state index contributed by atoms with van der Waals surface area (Å²) in [5.41, 5.74) is 5.45. The fourth-order valence-electron chi connectivity index (χ4n) is 2.73. The number of hydrogen-bond acceptors (Lipinski definition) is 6. The predicted molar refractivity (Wildman–Crippen MR) is 76.0 cm³/mol. The van der Waals surface area contributed by atoms with Crippen LogP contribution in [-0.4, -0.2) is 40.2 Å². The highest BCUT2D eigenvalue weighted by atomic mass is 16.5. The van der Waals surface area contributed by atoms with E-state index in [0.717, 1.165) is 19.6 Å². The largest absolute Gasteiger partial charge is 0.338 e. The molecule has 2 fully saturated rings. The number of nitrogens with one attached hydrogen (secondary N) is 1. The molecular formula is C14H25N5O. The molecule has 1 unspecified atom stereocenters. The van der Waals surface area contributed by atoms with E-state index in [4.69, 9.17) is 10.3 Å². The van der Waals surface area contributed by atoms with Crippen LogP contribution < -0.4 is 11.1 Å². The van der Waals surface area contributed by atoms with Crippen LogP contribution in [0.4, 0.5) is 0 Å². The minimum absolute atomic E-state index is 0.542. The normalized spacial score (nSPS) is 23.7. The first-order chi connectivity index (χ1) is 9.52. The maximum Gasteiger partial charge on any atom is 0.240 e. The highest BCUT2D eigenvalue weighted by molar-refractivity contribution is 5.00. The van der Waals surface area contributed by atoms with Crippen LogP contribution in [-0.2, 0) is 12.1 Å². The predicted octanol–water partition coefficient (Wildman–Crippen LogP) is 0.980. The Labute approximate surface area is 120 Å². The highest BCUT2D eigenvalue weighted by Gasteiger charge is 2.33. The smallest absolute Gasteiger partial charge is 0.240 e. The van der Waals surface area contributed by atoms with E-state index in [-0.39, 0.29) is 0 Å². The van der Waals surface area contributed by atoms with Gasteiger partial charge in [-0.1, -0.05) is 5.16 Å². The molecule has 0 radical (unpaired) electrons. The Kier molecular flexibility index (Phi) is 3.79. The minimum atomic E-state index is -0.542. The van der Waals surface area contributed by atoms with Gasteiger partial charge in [0.1, 0.15) is 0 Å². The van der Waals surface area contributed by atoms with Crippen molar-refractivity contribution in [1.29, 1.82) is 0 Å². The summed E-state index contributed by atoms with van der Waals surface area (Å²) in [6.45, 7) is 6.75. The van der Waals surface area contributed by atoms with Crippen LogP contribution in [0.2, 0.25) is 0 Å². The number of aromatic nitrogens is 2. The van der Waals surface area contributed by atoms with Gasteiger partial charge in [0.05, 0.1) is 12.1 Å². The Hall–Kier alpha value is -0.980. The van der Waals surface area contributed by atoms with Gasteiger partial charge in [0.15, 0.2) is 5.82 Å². The molecule has 1 saturated carbocycles. The molecule has 2 aliphatic rings. The average molecular weight is 279 g/mol. The van der Waals surface area contributed by atoms with Crippen LogP contribution in [0.1, 0.15) is 51.2 Å². The lowest BCUT2D eigenvalue weighted by Gasteiger charge is -2.23. The molecule has 0 amide bonds. The molecule has 1 atom stereocenters. The molecule has 0 bridgehead atoms. The molecule has 3 rings (SSSR count). The Balaban J connectivity index is 1.62. The SMILES string of the molecule is CC(C)(N)c1noc(CN(CC2CCCN2)C2CC2)n1. The van der Waals surface area contributed by atoms with Crippen molar-refractivity contribution >= 4 is 0 Å². The van der Waals surface area contributed by atoms with Crippen LogP contribution in [0.5, 0.6) is 0 Å². The third-order valence-corrected chi connectivity index (χ3v) is 4.06. The monoisotopic (exact) mass is 279 g/mol. The minimum Gasteiger partial charge on any atom is -0.338 e. The molecule has 1 aromatic heterocycles. The fraction of sp³-hybridized carbons (Fsp3) is 0.857. The van der Waals surface area contributed by atoms with E-state index in [9.17, 15) is 0 Å². The third-order valence-electron chi connectivity index (χ3n) is 4.06. The second kappa shape index (κ2) is 5.42. The lowest BCUT2D eigenvalue weighted by Crippen LogP contribution is -2.38. The maximum absolute atomic E-state index is 6.00. The first-order valence-corrected chi connectivity index (χ1v) is 7.62. The molecule has 1 saturated heterocycles. The summed E-state index contributed by atoms with van der Waals surface area (Å²) < 4.78 is 5.36. The summed E-state index contributed by atoms with van der Waals surface area (Å²) in [4.78, 5) is 6.92. The maximum atomic E-state index is 6.00. The van der Waals surface area contributed by atoms with Crippen LogP contribution in [0.3, 0.4) is 0 Å². The quantitative estimate of drug-likeness (QED) is 0.808. The van der Waals surface area contributed by atoms with Crippen molar-refractivity contribution in [3.63, 3.8) is 0 Å². The van der Waals surface area contributed by atoms with Crippen LogP contribution in [0.25, 0.3) is 0 Å². The van der Waals surface area contributed by atoms with Crippen LogP contribution in [0.15, 0.2) is 4.52 Å². The summed E-state index contributed by atoms with van der Waals surface area (Å²) in [7, 11) is 0. The summed E-state index contributed by atoms with van der Waals surface area (Å²) in [6.07, 6.45) is 5.13. The molecule has 20 heavy (non-hydrogen) atoms. The Bertz CT molecular complexity index is 443. The van der Waals surface area contributed by atoms with Crippen LogP contribution >= 0.6 is 0 Å². The van der Waals surface area contributed by atoms with E-state index in [0.29, 0.717) is 23.8 Å². The molecular weight excluding hydrogens is 254 g/mol. The standard InChI is InChI=1S/C14H25N5O/c1-14(2,15)13-17-12(20-18-13)9-19(11-5-6-11)8-10-4-3-7-16-10/h10-11,16H,3-9,15H2,1-2H3. The van der Waals surface area contributed by atoms with Crippen molar-refractivity contribution in [2.45, 2.75) is 63.7 Å². The molecule has 1 aliphatic heterocycles. The Morgan fingerprint density at radius 3 is 2.75 bits per heavy atom. The van der Waals surface area contributed by atoms with Gasteiger partial charge in [-0.2, -0.15) is 4.98 Å². The summed E-state index contributed by atoms with van der Waals surface area (Å²) in [5, 5.41) is 7.56. The fourth-order valence-corrected chi connectivity index (χ4v) is 2.73. The lowest BCUT2D eigenvalue weighted by molar-refractivity contribution is 0.200. The van der Waals surface area contributed by atoms with Gasteiger partial charge in [-0.3, -0.25) is 4.90 Å². The van der Waals surface area contributed by atoms with E-state index in [1.807, 2.05) is 13.8 Å². The number of rotatable bonds is 6. The van der Waals surface area contributed by atoms with E-state index in [2.05, 4.69) is 20.4 Å². The van der Waals surface area contributed by atoms with Gasteiger partial charge in [-0.15, -0.1) is 0 Å². The van der Waals surface area contributed by atoms with Crippen molar-refractivity contribution < 1.29 is 4.52 Å². The first-order valence-electron chi connectivity index (χ1n) is 7.62. The molecule has 1 aromatic rings. The van der Waals surface area contributed by atoms with Gasteiger partial charge < -0.3 is 15.6 Å². The van der Waals surface area contributed by atoms with Crippen molar-refractivity contribution in [3.8, 4) is 0 Å². The van der Waals surface area contributed by atoms with Gasteiger partial charge in [-0.25, -0.2) is 0 Å². The van der Waals surface area contributed by atoms with E-state index >= 15 is 0 Å². The zero-order valence-corrected chi connectivity index (χ0v) is 12.4. The Morgan fingerprint density at radius 1 is 1.40 bits per heavy atom. The lowest BCUT2D eigenvalue weighted by atomic mass is 10.1. The molecule has 1 aliphatic carbocycles. The highest BCUT2D eigenvalue weighted by Crippen LogP contribution is 2.29. The van der Waals surface area contributed by atoms with Gasteiger partial charge in [-0.05, 0) is 46.1 Å². The van der Waals surface area contributed by atoms with E-state index < -0.39 is 5.54 Å². The van der Waals surface area contributed by atoms with Gasteiger partial charge in [0, 0.05) is 18.6 Å². The molecule has 6 heteroatoms. The second-order valence-electron chi connectivity index (χ2n) is 6.69. The zero-order chi connectivity index (χ0) is 14.2. The topological polar surface area (TPSA) is 80.2 Å². The molecule has 0 spiro atoms. The van der Waals surface area contributed by atoms with Crippen LogP contribution in [0, 0.1) is 0 Å². The summed E-state index contributed by atoms with van der Waals surface area (Å²) in [6, 6.07) is 1.31. The molecule has 0 aromatic carbocycles. The van der Waals surface area contributed by atoms with Gasteiger partial charge in [0.25, 0.3) is 0 Å². The van der Waals surface area contributed by atoms with Gasteiger partial charge >= 0.3 is 0 Å². The summed E-state index contributed by atoms with van der Waals surface area (Å²) >= 11 is 0. The first kappa shape index (κ1) is 14.0. The number of nitrogens with two attached hydrogens (primary N) is 1. The van der Waals surface area contributed by atoms with Crippen molar-refractivity contribution in [2.75, 3.05) is 13.1 Å². The van der Waals surface area contributed by atoms with Crippen molar-refractivity contribution in [2.24, 2.45) is 5.73 Å². The third kappa shape index (κ3) is 3.37.